The zero-order chi connectivity index (χ0) is 18.5. The van der Waals surface area contributed by atoms with Gasteiger partial charge in [-0.05, 0) is 26.3 Å². The first kappa shape index (κ1) is 24.4. The fourth-order valence-electron chi connectivity index (χ4n) is 2.02. The average molecular weight is 485 g/mol. The largest absolute Gasteiger partial charge is 0.466 e. The number of nitrogens with one attached hydrogen (secondary N) is 2. The third-order valence-electron chi connectivity index (χ3n) is 3.10. The van der Waals surface area contributed by atoms with Gasteiger partial charge in [0.05, 0.1) is 13.2 Å². The molecule has 1 rings (SSSR count). The van der Waals surface area contributed by atoms with Gasteiger partial charge < -0.3 is 20.1 Å². The zero-order valence-corrected chi connectivity index (χ0v) is 17.3. The Morgan fingerprint density at radius 3 is 2.62 bits per heavy atom. The molecular weight excluding hydrogens is 459 g/mol. The first-order valence-electron chi connectivity index (χ1n) is 8.27. The topological polar surface area (TPSA) is 72.0 Å². The molecule has 0 bridgehead atoms. The van der Waals surface area contributed by atoms with Gasteiger partial charge >= 0.3 is 12.6 Å². The molecule has 0 aromatic heterocycles. The first-order chi connectivity index (χ1) is 12.1. The molecular formula is C17H26F2IN3O3. The van der Waals surface area contributed by atoms with Crippen LogP contribution in [0.4, 0.5) is 8.78 Å². The molecule has 148 valence electrons. The van der Waals surface area contributed by atoms with E-state index in [2.05, 4.69) is 20.4 Å². The minimum Gasteiger partial charge on any atom is -0.466 e. The van der Waals surface area contributed by atoms with Crippen LogP contribution in [0.15, 0.2) is 29.3 Å². The van der Waals surface area contributed by atoms with Crippen LogP contribution in [-0.4, -0.2) is 38.2 Å². The monoisotopic (exact) mass is 485 g/mol. The summed E-state index contributed by atoms with van der Waals surface area (Å²) in [5, 5.41) is 6.15. The van der Waals surface area contributed by atoms with Crippen LogP contribution in [0, 0.1) is 0 Å². The van der Waals surface area contributed by atoms with E-state index in [4.69, 9.17) is 4.74 Å². The number of halogens is 3. The Morgan fingerprint density at radius 1 is 1.23 bits per heavy atom. The van der Waals surface area contributed by atoms with Crippen LogP contribution in [-0.2, 0) is 16.1 Å². The second kappa shape index (κ2) is 14.5. The van der Waals surface area contributed by atoms with Gasteiger partial charge in [-0.3, -0.25) is 4.79 Å². The van der Waals surface area contributed by atoms with Crippen molar-refractivity contribution in [3.05, 3.63) is 29.8 Å². The van der Waals surface area contributed by atoms with Gasteiger partial charge in [0.15, 0.2) is 5.96 Å². The van der Waals surface area contributed by atoms with Crippen LogP contribution >= 0.6 is 24.0 Å². The number of esters is 1. The number of ether oxygens (including phenoxy) is 2. The lowest BCUT2D eigenvalue weighted by Gasteiger charge is -2.12. The van der Waals surface area contributed by atoms with Gasteiger partial charge in [-0.15, -0.1) is 24.0 Å². The number of carbonyl (C=O) groups excluding carboxylic acids is 1. The highest BCUT2D eigenvalue weighted by Gasteiger charge is 2.09. The third-order valence-corrected chi connectivity index (χ3v) is 3.10. The third kappa shape index (κ3) is 10.4. The predicted molar refractivity (Wildman–Crippen MR) is 107 cm³/mol. The Bertz CT molecular complexity index is 560. The number of hydrogen-bond donors (Lipinski definition) is 2. The van der Waals surface area contributed by atoms with Gasteiger partial charge in [0.1, 0.15) is 5.75 Å². The molecule has 1 aromatic rings. The Morgan fingerprint density at radius 2 is 1.96 bits per heavy atom. The highest BCUT2D eigenvalue weighted by Crippen LogP contribution is 2.20. The van der Waals surface area contributed by atoms with Gasteiger partial charge in [-0.1, -0.05) is 18.2 Å². The molecule has 0 radical (unpaired) electrons. The van der Waals surface area contributed by atoms with Crippen molar-refractivity contribution in [2.24, 2.45) is 4.99 Å². The van der Waals surface area contributed by atoms with E-state index in [-0.39, 0.29) is 42.2 Å². The van der Waals surface area contributed by atoms with Crippen LogP contribution in [0.5, 0.6) is 5.75 Å². The fourth-order valence-corrected chi connectivity index (χ4v) is 2.02. The lowest BCUT2D eigenvalue weighted by atomic mass is 10.2. The predicted octanol–water partition coefficient (Wildman–Crippen LogP) is 3.30. The Balaban J connectivity index is 0.00000625. The number of para-hydroxylation sites is 1. The van der Waals surface area contributed by atoms with E-state index < -0.39 is 6.61 Å². The van der Waals surface area contributed by atoms with E-state index in [1.54, 1.807) is 25.1 Å². The smallest absolute Gasteiger partial charge is 0.387 e. The maximum absolute atomic E-state index is 12.4. The highest BCUT2D eigenvalue weighted by molar-refractivity contribution is 14.0. The lowest BCUT2D eigenvalue weighted by Crippen LogP contribution is -2.37. The molecule has 0 atom stereocenters. The van der Waals surface area contributed by atoms with Crippen molar-refractivity contribution in [1.29, 1.82) is 0 Å². The number of alkyl halides is 2. The fraction of sp³-hybridized carbons (Fsp3) is 0.529. The van der Waals surface area contributed by atoms with Crippen LogP contribution < -0.4 is 15.4 Å². The van der Waals surface area contributed by atoms with E-state index >= 15 is 0 Å². The number of aliphatic imine (C=N–C) groups is 1. The first-order valence-corrected chi connectivity index (χ1v) is 8.27. The zero-order valence-electron chi connectivity index (χ0n) is 15.0. The molecule has 0 saturated carbocycles. The summed E-state index contributed by atoms with van der Waals surface area (Å²) in [6.45, 7) is 2.57. The van der Waals surface area contributed by atoms with Gasteiger partial charge in [-0.2, -0.15) is 8.78 Å². The summed E-state index contributed by atoms with van der Waals surface area (Å²) >= 11 is 0. The molecule has 0 aliphatic carbocycles. The van der Waals surface area contributed by atoms with E-state index in [0.29, 0.717) is 44.1 Å². The second-order valence-electron chi connectivity index (χ2n) is 5.02. The maximum atomic E-state index is 12.4. The SMILES string of the molecule is CCNC(=NCc1ccccc1OC(F)F)NCCCC(=O)OCC.I. The summed E-state index contributed by atoms with van der Waals surface area (Å²) in [6, 6.07) is 6.54. The summed E-state index contributed by atoms with van der Waals surface area (Å²) in [6.07, 6.45) is 0.930. The van der Waals surface area contributed by atoms with E-state index in [1.165, 1.54) is 6.07 Å². The van der Waals surface area contributed by atoms with Crippen molar-refractivity contribution in [2.45, 2.75) is 39.8 Å². The minimum atomic E-state index is -2.88. The number of nitrogens with zero attached hydrogens (tertiary/aromatic N) is 1. The summed E-state index contributed by atoms with van der Waals surface area (Å²) in [5.74, 6) is 0.418. The molecule has 1 aromatic carbocycles. The Labute approximate surface area is 169 Å². The highest BCUT2D eigenvalue weighted by atomic mass is 127. The van der Waals surface area contributed by atoms with Crippen molar-refractivity contribution in [2.75, 3.05) is 19.7 Å². The van der Waals surface area contributed by atoms with Gasteiger partial charge in [0, 0.05) is 25.1 Å². The summed E-state index contributed by atoms with van der Waals surface area (Å²) in [7, 11) is 0. The summed E-state index contributed by atoms with van der Waals surface area (Å²) in [4.78, 5) is 15.6. The molecule has 0 heterocycles. The molecule has 2 N–H and O–H groups in total. The second-order valence-corrected chi connectivity index (χ2v) is 5.02. The number of rotatable bonds is 10. The normalized spacial score (nSPS) is 10.9. The molecule has 0 saturated heterocycles. The average Bonchev–Trinajstić information content (AvgIpc) is 2.57. The summed E-state index contributed by atoms with van der Waals surface area (Å²) < 4.78 is 34.2. The van der Waals surface area contributed by atoms with Crippen molar-refractivity contribution in [3.8, 4) is 5.75 Å². The standard InChI is InChI=1S/C17H25F2N3O3.HI/c1-3-20-17(21-11-7-10-15(23)24-4-2)22-12-13-8-5-6-9-14(13)25-16(18)19;/h5-6,8-9,16H,3-4,7,10-12H2,1-2H3,(H2,20,21,22);1H. The van der Waals surface area contributed by atoms with E-state index in [9.17, 15) is 13.6 Å². The van der Waals surface area contributed by atoms with Crippen LogP contribution in [0.1, 0.15) is 32.3 Å². The van der Waals surface area contributed by atoms with E-state index in [1.807, 2.05) is 6.92 Å². The molecule has 0 amide bonds. The number of carbonyl (C=O) groups is 1. The molecule has 9 heteroatoms. The van der Waals surface area contributed by atoms with Crippen molar-refractivity contribution < 1.29 is 23.0 Å². The maximum Gasteiger partial charge on any atom is 0.387 e. The molecule has 0 aliphatic rings. The molecule has 0 fully saturated rings. The minimum absolute atomic E-state index is 0. The van der Waals surface area contributed by atoms with Crippen LogP contribution in [0.2, 0.25) is 0 Å². The van der Waals surface area contributed by atoms with Gasteiger partial charge in [0.2, 0.25) is 0 Å². The van der Waals surface area contributed by atoms with Crippen LogP contribution in [0.25, 0.3) is 0 Å². The lowest BCUT2D eigenvalue weighted by molar-refractivity contribution is -0.143. The number of hydrogen-bond acceptors (Lipinski definition) is 4. The quantitative estimate of drug-likeness (QED) is 0.175. The van der Waals surface area contributed by atoms with Crippen LogP contribution in [0.3, 0.4) is 0 Å². The molecule has 0 spiro atoms. The number of guanidine groups is 1. The van der Waals surface area contributed by atoms with Gasteiger partial charge in [-0.25, -0.2) is 4.99 Å². The number of benzene rings is 1. The molecule has 26 heavy (non-hydrogen) atoms. The Kier molecular flexibility index (Phi) is 13.6. The molecule has 6 nitrogen and oxygen atoms in total. The molecule has 0 aliphatic heterocycles. The van der Waals surface area contributed by atoms with Crippen molar-refractivity contribution >= 4 is 35.9 Å². The summed E-state index contributed by atoms with van der Waals surface area (Å²) in [5.41, 5.74) is 0.562. The molecule has 0 unspecified atom stereocenters. The van der Waals surface area contributed by atoms with Crippen molar-refractivity contribution in [1.82, 2.24) is 10.6 Å². The van der Waals surface area contributed by atoms with E-state index in [0.717, 1.165) is 0 Å². The van der Waals surface area contributed by atoms with Gasteiger partial charge in [0.25, 0.3) is 0 Å². The van der Waals surface area contributed by atoms with Crippen molar-refractivity contribution in [3.63, 3.8) is 0 Å². The Hall–Kier alpha value is -1.65.